The Morgan fingerprint density at radius 1 is 1.38 bits per heavy atom. The van der Waals surface area contributed by atoms with Crippen molar-refractivity contribution in [2.45, 2.75) is 12.8 Å². The Labute approximate surface area is 160 Å². The van der Waals surface area contributed by atoms with Crippen LogP contribution in [-0.4, -0.2) is 41.7 Å². The number of benzene rings is 1. The van der Waals surface area contributed by atoms with E-state index in [1.54, 1.807) is 17.5 Å². The molecule has 1 aliphatic heterocycles. The van der Waals surface area contributed by atoms with Crippen LogP contribution in [0.4, 0.5) is 0 Å². The zero-order chi connectivity index (χ0) is 18.5. The maximum atomic E-state index is 12.4. The van der Waals surface area contributed by atoms with Gasteiger partial charge in [-0.25, -0.2) is 4.98 Å². The molecule has 1 fully saturated rings. The highest BCUT2D eigenvalue weighted by molar-refractivity contribution is 7.13. The van der Waals surface area contributed by atoms with E-state index in [0.29, 0.717) is 36.1 Å². The number of carbonyl (C=O) groups excluding carboxylic acids is 1. The van der Waals surface area contributed by atoms with E-state index in [1.165, 1.54) is 11.3 Å². The molecule has 0 bridgehead atoms. The van der Waals surface area contributed by atoms with Crippen molar-refractivity contribution in [3.05, 3.63) is 40.4 Å². The number of aliphatic carboxylic acids is 1. The van der Waals surface area contributed by atoms with Gasteiger partial charge in [-0.05, 0) is 30.9 Å². The van der Waals surface area contributed by atoms with Crippen molar-refractivity contribution in [3.8, 4) is 10.6 Å². The summed E-state index contributed by atoms with van der Waals surface area (Å²) < 4.78 is 5.28. The lowest BCUT2D eigenvalue weighted by Crippen LogP contribution is -2.39. The summed E-state index contributed by atoms with van der Waals surface area (Å²) in [5, 5.41) is 15.1. The maximum Gasteiger partial charge on any atom is 0.308 e. The number of carbonyl (C=O) groups is 2. The first-order valence-electron chi connectivity index (χ1n) is 8.35. The molecular weight excluding hydrogens is 376 g/mol. The first-order valence-corrected chi connectivity index (χ1v) is 9.60. The minimum absolute atomic E-state index is 0.0130. The van der Waals surface area contributed by atoms with Crippen LogP contribution in [0.25, 0.3) is 10.6 Å². The number of aromatic nitrogens is 1. The molecule has 1 unspecified atom stereocenters. The third-order valence-corrected chi connectivity index (χ3v) is 5.57. The second kappa shape index (κ2) is 8.62. The molecule has 0 spiro atoms. The molecule has 26 heavy (non-hydrogen) atoms. The van der Waals surface area contributed by atoms with Gasteiger partial charge < -0.3 is 15.2 Å². The van der Waals surface area contributed by atoms with E-state index in [2.05, 4.69) is 10.3 Å². The number of thiazole rings is 1. The van der Waals surface area contributed by atoms with E-state index in [1.807, 2.05) is 12.1 Å². The molecule has 8 heteroatoms. The monoisotopic (exact) mass is 394 g/mol. The summed E-state index contributed by atoms with van der Waals surface area (Å²) in [7, 11) is 0. The molecule has 0 radical (unpaired) electrons. The number of amides is 1. The molecule has 1 aromatic heterocycles. The fourth-order valence-electron chi connectivity index (χ4n) is 3.00. The fraction of sp³-hybridized carbons (Fsp3) is 0.389. The topological polar surface area (TPSA) is 88.5 Å². The third-order valence-electron chi connectivity index (χ3n) is 4.44. The Hall–Kier alpha value is -1.96. The van der Waals surface area contributed by atoms with Gasteiger partial charge in [0, 0.05) is 35.7 Å². The highest BCUT2D eigenvalue weighted by Crippen LogP contribution is 2.26. The van der Waals surface area contributed by atoms with Crippen molar-refractivity contribution >= 4 is 34.8 Å². The first-order chi connectivity index (χ1) is 12.5. The van der Waals surface area contributed by atoms with E-state index in [0.717, 1.165) is 5.56 Å². The van der Waals surface area contributed by atoms with Gasteiger partial charge in [0.1, 0.15) is 10.7 Å². The van der Waals surface area contributed by atoms with Crippen molar-refractivity contribution in [2.24, 2.45) is 11.8 Å². The zero-order valence-corrected chi connectivity index (χ0v) is 15.6. The summed E-state index contributed by atoms with van der Waals surface area (Å²) in [4.78, 5) is 28.2. The summed E-state index contributed by atoms with van der Waals surface area (Å²) in [5.74, 6) is -1.86. The highest BCUT2D eigenvalue weighted by atomic mass is 35.5. The Morgan fingerprint density at radius 2 is 2.15 bits per heavy atom. The predicted molar refractivity (Wildman–Crippen MR) is 99.6 cm³/mol. The van der Waals surface area contributed by atoms with Gasteiger partial charge in [-0.2, -0.15) is 0 Å². The van der Waals surface area contributed by atoms with Crippen LogP contribution in [-0.2, 0) is 9.53 Å². The number of nitrogens with one attached hydrogen (secondary N) is 1. The molecule has 2 heterocycles. The number of hydrogen-bond donors (Lipinski definition) is 2. The van der Waals surface area contributed by atoms with Crippen LogP contribution in [0.2, 0.25) is 5.02 Å². The van der Waals surface area contributed by atoms with Crippen LogP contribution in [0.15, 0.2) is 29.6 Å². The molecule has 1 amide bonds. The normalized spacial score (nSPS) is 16.2. The molecule has 1 saturated heterocycles. The second-order valence-corrected chi connectivity index (χ2v) is 7.45. The molecule has 0 saturated carbocycles. The van der Waals surface area contributed by atoms with Gasteiger partial charge in [-0.3, -0.25) is 9.59 Å². The van der Waals surface area contributed by atoms with Gasteiger partial charge in [0.05, 0.1) is 5.92 Å². The number of carboxylic acids is 1. The van der Waals surface area contributed by atoms with E-state index in [-0.39, 0.29) is 24.1 Å². The summed E-state index contributed by atoms with van der Waals surface area (Å²) in [6, 6.07) is 7.25. The van der Waals surface area contributed by atoms with E-state index in [9.17, 15) is 14.7 Å². The smallest absolute Gasteiger partial charge is 0.308 e. The number of hydrogen-bond acceptors (Lipinski definition) is 5. The van der Waals surface area contributed by atoms with Crippen molar-refractivity contribution in [1.82, 2.24) is 10.3 Å². The standard InChI is InChI=1S/C18H19ClN2O4S/c19-13-3-1-2-12(8-13)17-21-15(10-26-17)16(22)20-9-14(18(23)24)11-4-6-25-7-5-11/h1-3,8,10-11,14H,4-7,9H2,(H,20,22)(H,23,24). The summed E-state index contributed by atoms with van der Waals surface area (Å²) in [6.07, 6.45) is 1.39. The Morgan fingerprint density at radius 3 is 2.85 bits per heavy atom. The number of carboxylic acid groups (broad SMARTS) is 1. The molecule has 2 aromatic rings. The molecule has 3 rings (SSSR count). The third kappa shape index (κ3) is 4.60. The first kappa shape index (κ1) is 18.8. The van der Waals surface area contributed by atoms with Crippen molar-refractivity contribution in [1.29, 1.82) is 0 Å². The fourth-order valence-corrected chi connectivity index (χ4v) is 3.99. The van der Waals surface area contributed by atoms with Gasteiger partial charge in [-0.15, -0.1) is 11.3 Å². The van der Waals surface area contributed by atoms with Gasteiger partial charge in [0.2, 0.25) is 0 Å². The van der Waals surface area contributed by atoms with E-state index in [4.69, 9.17) is 16.3 Å². The van der Waals surface area contributed by atoms with Crippen LogP contribution >= 0.6 is 22.9 Å². The number of rotatable bonds is 6. The quantitative estimate of drug-likeness (QED) is 0.784. The lowest BCUT2D eigenvalue weighted by atomic mass is 9.86. The Bertz CT molecular complexity index is 789. The van der Waals surface area contributed by atoms with Crippen LogP contribution in [0.3, 0.4) is 0 Å². The lowest BCUT2D eigenvalue weighted by Gasteiger charge is -2.27. The minimum atomic E-state index is -0.893. The van der Waals surface area contributed by atoms with Gasteiger partial charge in [-0.1, -0.05) is 23.7 Å². The molecule has 1 aliphatic rings. The maximum absolute atomic E-state index is 12.4. The summed E-state index contributed by atoms with van der Waals surface area (Å²) in [5.41, 5.74) is 1.12. The predicted octanol–water partition coefficient (Wildman–Crippen LogP) is 3.32. The molecule has 138 valence electrons. The Balaban J connectivity index is 1.63. The average molecular weight is 395 g/mol. The molecule has 1 aromatic carbocycles. The molecule has 1 atom stereocenters. The zero-order valence-electron chi connectivity index (χ0n) is 14.0. The summed E-state index contributed by atoms with van der Waals surface area (Å²) in [6.45, 7) is 1.22. The second-order valence-electron chi connectivity index (χ2n) is 6.15. The van der Waals surface area contributed by atoms with Crippen LogP contribution < -0.4 is 5.32 Å². The Kier molecular flexibility index (Phi) is 6.24. The van der Waals surface area contributed by atoms with Gasteiger partial charge in [0.15, 0.2) is 0 Å². The van der Waals surface area contributed by atoms with Gasteiger partial charge in [0.25, 0.3) is 5.91 Å². The van der Waals surface area contributed by atoms with Crippen LogP contribution in [0.1, 0.15) is 23.3 Å². The highest BCUT2D eigenvalue weighted by Gasteiger charge is 2.30. The summed E-state index contributed by atoms with van der Waals surface area (Å²) >= 11 is 7.33. The van der Waals surface area contributed by atoms with Crippen LogP contribution in [0, 0.1) is 11.8 Å². The number of nitrogens with zero attached hydrogens (tertiary/aromatic N) is 1. The molecule has 2 N–H and O–H groups in total. The average Bonchev–Trinajstić information content (AvgIpc) is 3.13. The van der Waals surface area contributed by atoms with Crippen molar-refractivity contribution < 1.29 is 19.4 Å². The number of halogens is 1. The SMILES string of the molecule is O=C(NCC(C(=O)O)C1CCOCC1)c1csc(-c2cccc(Cl)c2)n1. The van der Waals surface area contributed by atoms with Crippen LogP contribution in [0.5, 0.6) is 0 Å². The van der Waals surface area contributed by atoms with Crippen molar-refractivity contribution in [3.63, 3.8) is 0 Å². The van der Waals surface area contributed by atoms with Crippen molar-refractivity contribution in [2.75, 3.05) is 19.8 Å². The molecule has 6 nitrogen and oxygen atoms in total. The molecule has 0 aliphatic carbocycles. The van der Waals surface area contributed by atoms with Gasteiger partial charge >= 0.3 is 5.97 Å². The largest absolute Gasteiger partial charge is 0.481 e. The van der Waals surface area contributed by atoms with E-state index >= 15 is 0 Å². The lowest BCUT2D eigenvalue weighted by molar-refractivity contribution is -0.144. The van der Waals surface area contributed by atoms with E-state index < -0.39 is 11.9 Å². The minimum Gasteiger partial charge on any atom is -0.481 e. The number of ether oxygens (including phenoxy) is 1. The molecular formula is C18H19ClN2O4S.